The van der Waals surface area contributed by atoms with Gasteiger partial charge in [-0.1, -0.05) is 0 Å². The SMILES string of the molecule is N#Cc1cc(F)cc(C(=O)NN)c1. The number of carbonyl (C=O) groups is 1. The van der Waals surface area contributed by atoms with E-state index in [2.05, 4.69) is 0 Å². The molecule has 0 bridgehead atoms. The first-order valence-corrected chi connectivity index (χ1v) is 3.39. The van der Waals surface area contributed by atoms with Crippen molar-refractivity contribution in [3.63, 3.8) is 0 Å². The van der Waals surface area contributed by atoms with E-state index < -0.39 is 11.7 Å². The number of hydrazine groups is 1. The van der Waals surface area contributed by atoms with Crippen molar-refractivity contribution in [3.8, 4) is 6.07 Å². The number of amides is 1. The van der Waals surface area contributed by atoms with Crippen molar-refractivity contribution in [3.05, 3.63) is 35.1 Å². The molecule has 0 aromatic heterocycles. The predicted octanol–water partition coefficient (Wildman–Crippen LogP) is 0.301. The lowest BCUT2D eigenvalue weighted by molar-refractivity contribution is 0.0953. The topological polar surface area (TPSA) is 78.9 Å². The van der Waals surface area contributed by atoms with E-state index in [1.165, 1.54) is 6.07 Å². The summed E-state index contributed by atoms with van der Waals surface area (Å²) in [6.45, 7) is 0. The van der Waals surface area contributed by atoms with Gasteiger partial charge in [-0.15, -0.1) is 0 Å². The molecule has 0 aliphatic carbocycles. The van der Waals surface area contributed by atoms with Crippen LogP contribution in [0.25, 0.3) is 0 Å². The van der Waals surface area contributed by atoms with Gasteiger partial charge in [0.05, 0.1) is 11.6 Å². The van der Waals surface area contributed by atoms with E-state index in [-0.39, 0.29) is 11.1 Å². The van der Waals surface area contributed by atoms with Gasteiger partial charge in [0.1, 0.15) is 5.82 Å². The lowest BCUT2D eigenvalue weighted by atomic mass is 10.1. The monoisotopic (exact) mass is 179 g/mol. The summed E-state index contributed by atoms with van der Waals surface area (Å²) in [7, 11) is 0. The summed E-state index contributed by atoms with van der Waals surface area (Å²) in [5.74, 6) is 3.57. The lowest BCUT2D eigenvalue weighted by Gasteiger charge is -1.99. The number of nitrogens with zero attached hydrogens (tertiary/aromatic N) is 1. The standard InChI is InChI=1S/C8H6FN3O/c9-7-2-5(4-10)1-6(3-7)8(13)12-11/h1-3H,11H2,(H,12,13). The molecule has 0 fully saturated rings. The minimum atomic E-state index is -0.641. The van der Waals surface area contributed by atoms with Crippen molar-refractivity contribution < 1.29 is 9.18 Å². The molecule has 3 N–H and O–H groups in total. The Balaban J connectivity index is 3.17. The van der Waals surface area contributed by atoms with E-state index in [4.69, 9.17) is 11.1 Å². The maximum absolute atomic E-state index is 12.7. The molecule has 0 radical (unpaired) electrons. The Morgan fingerprint density at radius 1 is 1.54 bits per heavy atom. The van der Waals surface area contributed by atoms with Crippen LogP contribution in [0, 0.1) is 17.1 Å². The largest absolute Gasteiger partial charge is 0.290 e. The molecule has 0 heterocycles. The molecular formula is C8H6FN3O. The molecule has 13 heavy (non-hydrogen) atoms. The molecule has 0 spiro atoms. The fourth-order valence-electron chi connectivity index (χ4n) is 0.869. The van der Waals surface area contributed by atoms with Crippen LogP contribution in [0.2, 0.25) is 0 Å². The van der Waals surface area contributed by atoms with E-state index in [1.807, 2.05) is 5.43 Å². The molecule has 1 amide bonds. The van der Waals surface area contributed by atoms with E-state index in [9.17, 15) is 9.18 Å². The number of hydrogen-bond acceptors (Lipinski definition) is 3. The second-order valence-corrected chi connectivity index (χ2v) is 2.31. The second kappa shape index (κ2) is 3.65. The van der Waals surface area contributed by atoms with E-state index in [0.717, 1.165) is 12.1 Å². The van der Waals surface area contributed by atoms with Gasteiger partial charge in [0.2, 0.25) is 0 Å². The van der Waals surface area contributed by atoms with E-state index in [1.54, 1.807) is 6.07 Å². The van der Waals surface area contributed by atoms with Gasteiger partial charge in [-0.3, -0.25) is 10.2 Å². The molecule has 0 saturated carbocycles. The zero-order valence-corrected chi connectivity index (χ0v) is 6.54. The number of carbonyl (C=O) groups excluding carboxylic acids is 1. The first-order chi connectivity index (χ1) is 6.17. The van der Waals surface area contributed by atoms with Gasteiger partial charge < -0.3 is 0 Å². The molecule has 0 atom stereocenters. The summed E-state index contributed by atoms with van der Waals surface area (Å²) < 4.78 is 12.7. The highest BCUT2D eigenvalue weighted by Crippen LogP contribution is 2.07. The molecule has 1 rings (SSSR count). The Bertz CT molecular complexity index is 383. The molecule has 5 heteroatoms. The van der Waals surface area contributed by atoms with Crippen LogP contribution in [-0.2, 0) is 0 Å². The van der Waals surface area contributed by atoms with E-state index >= 15 is 0 Å². The summed E-state index contributed by atoms with van der Waals surface area (Å²) in [5.41, 5.74) is 1.95. The minimum absolute atomic E-state index is 0.0269. The van der Waals surface area contributed by atoms with Crippen molar-refractivity contribution >= 4 is 5.91 Å². The Hall–Kier alpha value is -1.93. The van der Waals surface area contributed by atoms with Crippen molar-refractivity contribution in [1.82, 2.24) is 5.43 Å². The van der Waals surface area contributed by atoms with Crippen LogP contribution in [0.1, 0.15) is 15.9 Å². The lowest BCUT2D eigenvalue weighted by Crippen LogP contribution is -2.30. The summed E-state index contributed by atoms with van der Waals surface area (Å²) in [6.07, 6.45) is 0. The van der Waals surface area contributed by atoms with E-state index in [0.29, 0.717) is 0 Å². The minimum Gasteiger partial charge on any atom is -0.290 e. The Kier molecular flexibility index (Phi) is 2.57. The molecule has 4 nitrogen and oxygen atoms in total. The maximum Gasteiger partial charge on any atom is 0.265 e. The second-order valence-electron chi connectivity index (χ2n) is 2.31. The van der Waals surface area contributed by atoms with Crippen LogP contribution in [-0.4, -0.2) is 5.91 Å². The molecule has 0 saturated heterocycles. The van der Waals surface area contributed by atoms with Crippen molar-refractivity contribution in [2.45, 2.75) is 0 Å². The van der Waals surface area contributed by atoms with Gasteiger partial charge in [-0.2, -0.15) is 5.26 Å². The number of halogens is 1. The summed E-state index contributed by atoms with van der Waals surface area (Å²) in [4.78, 5) is 10.9. The van der Waals surface area contributed by atoms with Crippen LogP contribution in [0.15, 0.2) is 18.2 Å². The molecule has 0 unspecified atom stereocenters. The number of nitrogens with two attached hydrogens (primary N) is 1. The first kappa shape index (κ1) is 9.16. The Morgan fingerprint density at radius 3 is 2.77 bits per heavy atom. The quantitative estimate of drug-likeness (QED) is 0.369. The van der Waals surface area contributed by atoms with Gasteiger partial charge in [0, 0.05) is 5.56 Å². The van der Waals surface area contributed by atoms with Gasteiger partial charge in [0.25, 0.3) is 5.91 Å². The average Bonchev–Trinajstić information content (AvgIpc) is 2.15. The van der Waals surface area contributed by atoms with Gasteiger partial charge >= 0.3 is 0 Å². The van der Waals surface area contributed by atoms with Gasteiger partial charge in [-0.25, -0.2) is 10.2 Å². The van der Waals surface area contributed by atoms with Crippen LogP contribution >= 0.6 is 0 Å². The Morgan fingerprint density at radius 2 is 2.23 bits per heavy atom. The molecule has 0 aliphatic heterocycles. The van der Waals surface area contributed by atoms with Crippen LogP contribution in [0.3, 0.4) is 0 Å². The number of nitrogen functional groups attached to an aromatic ring is 1. The smallest absolute Gasteiger partial charge is 0.265 e. The average molecular weight is 179 g/mol. The molecule has 66 valence electrons. The summed E-state index contributed by atoms with van der Waals surface area (Å²) in [6, 6.07) is 5.02. The normalized spacial score (nSPS) is 9.00. The summed E-state index contributed by atoms with van der Waals surface area (Å²) in [5, 5.41) is 8.46. The number of nitriles is 1. The highest BCUT2D eigenvalue weighted by molar-refractivity contribution is 5.94. The number of rotatable bonds is 1. The number of benzene rings is 1. The predicted molar refractivity (Wildman–Crippen MR) is 42.8 cm³/mol. The first-order valence-electron chi connectivity index (χ1n) is 3.39. The molecule has 1 aromatic carbocycles. The van der Waals surface area contributed by atoms with Crippen molar-refractivity contribution in [1.29, 1.82) is 5.26 Å². The summed E-state index contributed by atoms with van der Waals surface area (Å²) >= 11 is 0. The molecule has 1 aromatic rings. The molecule has 0 aliphatic rings. The fraction of sp³-hybridized carbons (Fsp3) is 0. The number of nitrogens with one attached hydrogen (secondary N) is 1. The van der Waals surface area contributed by atoms with Gasteiger partial charge in [0.15, 0.2) is 0 Å². The van der Waals surface area contributed by atoms with Crippen LogP contribution in [0.4, 0.5) is 4.39 Å². The fourth-order valence-corrected chi connectivity index (χ4v) is 0.869. The highest BCUT2D eigenvalue weighted by atomic mass is 19.1. The highest BCUT2D eigenvalue weighted by Gasteiger charge is 2.06. The van der Waals surface area contributed by atoms with Crippen LogP contribution in [0.5, 0.6) is 0 Å². The Labute approximate surface area is 73.7 Å². The zero-order chi connectivity index (χ0) is 9.84. The maximum atomic E-state index is 12.7. The molecular weight excluding hydrogens is 173 g/mol. The third-order valence-corrected chi connectivity index (χ3v) is 1.42. The van der Waals surface area contributed by atoms with Gasteiger partial charge in [-0.05, 0) is 18.2 Å². The van der Waals surface area contributed by atoms with Crippen molar-refractivity contribution in [2.24, 2.45) is 5.84 Å². The number of hydrogen-bond donors (Lipinski definition) is 2. The van der Waals surface area contributed by atoms with Crippen molar-refractivity contribution in [2.75, 3.05) is 0 Å². The van der Waals surface area contributed by atoms with Crippen LogP contribution < -0.4 is 11.3 Å². The zero-order valence-electron chi connectivity index (χ0n) is 6.54. The third-order valence-electron chi connectivity index (χ3n) is 1.42. The third kappa shape index (κ3) is 2.01.